The highest BCUT2D eigenvalue weighted by Gasteiger charge is 2.12. The number of thiazole rings is 2. The summed E-state index contributed by atoms with van der Waals surface area (Å²) >= 11 is 3.10. The molecule has 0 bridgehead atoms. The first-order valence-corrected chi connectivity index (χ1v) is 9.30. The largest absolute Gasteiger partial charge is 0.497 e. The molecule has 0 aliphatic carbocycles. The molecule has 0 aliphatic rings. The van der Waals surface area contributed by atoms with Crippen molar-refractivity contribution in [2.75, 3.05) is 7.11 Å². The molecular weight excluding hydrogens is 355 g/mol. The van der Waals surface area contributed by atoms with Crippen molar-refractivity contribution in [3.05, 3.63) is 65.1 Å². The first-order chi connectivity index (χ1) is 12.2. The quantitative estimate of drug-likeness (QED) is 0.460. The molecule has 124 valence electrons. The second-order valence-corrected chi connectivity index (χ2v) is 7.03. The van der Waals surface area contributed by atoms with Crippen LogP contribution >= 0.6 is 22.7 Å². The Bertz CT molecular complexity index is 991. The van der Waals surface area contributed by atoms with Gasteiger partial charge in [0, 0.05) is 21.9 Å². The molecular formula is C19H13FN2OS2. The molecule has 4 aromatic rings. The lowest BCUT2D eigenvalue weighted by atomic mass is 10.2. The van der Waals surface area contributed by atoms with Crippen molar-refractivity contribution in [1.29, 1.82) is 0 Å². The molecule has 25 heavy (non-hydrogen) atoms. The summed E-state index contributed by atoms with van der Waals surface area (Å²) in [5.41, 5.74) is 3.69. The van der Waals surface area contributed by atoms with Crippen molar-refractivity contribution in [2.24, 2.45) is 0 Å². The summed E-state index contributed by atoms with van der Waals surface area (Å²) in [5.74, 6) is 0.575. The summed E-state index contributed by atoms with van der Waals surface area (Å²) in [7, 11) is 1.65. The predicted octanol–water partition coefficient (Wildman–Crippen LogP) is 5.75. The lowest BCUT2D eigenvalue weighted by molar-refractivity contribution is 0.415. The highest BCUT2D eigenvalue weighted by molar-refractivity contribution is 7.20. The van der Waals surface area contributed by atoms with Crippen molar-refractivity contribution in [3.8, 4) is 38.3 Å². The number of benzene rings is 2. The zero-order valence-corrected chi connectivity index (χ0v) is 14.9. The van der Waals surface area contributed by atoms with Gasteiger partial charge in [-0.3, -0.25) is 0 Å². The fraction of sp³-hybridized carbons (Fsp3) is 0.0526. The average molecular weight is 368 g/mol. The first-order valence-electron chi connectivity index (χ1n) is 7.55. The summed E-state index contributed by atoms with van der Waals surface area (Å²) < 4.78 is 18.2. The fourth-order valence-electron chi connectivity index (χ4n) is 2.39. The van der Waals surface area contributed by atoms with Crippen LogP contribution in [-0.4, -0.2) is 17.1 Å². The van der Waals surface area contributed by atoms with Crippen LogP contribution < -0.4 is 4.74 Å². The van der Waals surface area contributed by atoms with Crippen molar-refractivity contribution < 1.29 is 9.13 Å². The Kier molecular flexibility index (Phi) is 4.29. The van der Waals surface area contributed by atoms with Gasteiger partial charge in [-0.15, -0.1) is 22.7 Å². The van der Waals surface area contributed by atoms with Gasteiger partial charge in [0.2, 0.25) is 0 Å². The fourth-order valence-corrected chi connectivity index (χ4v) is 4.10. The van der Waals surface area contributed by atoms with E-state index in [1.807, 2.05) is 35.0 Å². The molecule has 0 saturated carbocycles. The normalized spacial score (nSPS) is 10.8. The molecule has 0 fully saturated rings. The van der Waals surface area contributed by atoms with Crippen molar-refractivity contribution >= 4 is 22.7 Å². The maximum atomic E-state index is 13.1. The van der Waals surface area contributed by atoms with Gasteiger partial charge in [0.1, 0.15) is 11.6 Å². The average Bonchev–Trinajstić information content (AvgIpc) is 3.32. The highest BCUT2D eigenvalue weighted by Crippen LogP contribution is 2.33. The second-order valence-electron chi connectivity index (χ2n) is 5.31. The van der Waals surface area contributed by atoms with Crippen molar-refractivity contribution in [1.82, 2.24) is 9.97 Å². The Morgan fingerprint density at radius 2 is 1.24 bits per heavy atom. The molecule has 2 aromatic carbocycles. The van der Waals surface area contributed by atoms with E-state index >= 15 is 0 Å². The third-order valence-electron chi connectivity index (χ3n) is 3.72. The summed E-state index contributed by atoms with van der Waals surface area (Å²) in [6.45, 7) is 0. The maximum Gasteiger partial charge on any atom is 0.152 e. The van der Waals surface area contributed by atoms with Crippen LogP contribution in [0.4, 0.5) is 4.39 Å². The van der Waals surface area contributed by atoms with E-state index in [2.05, 4.69) is 4.98 Å². The van der Waals surface area contributed by atoms with Gasteiger partial charge in [0.25, 0.3) is 0 Å². The molecule has 4 rings (SSSR count). The van der Waals surface area contributed by atoms with Gasteiger partial charge in [-0.05, 0) is 48.5 Å². The van der Waals surface area contributed by atoms with Gasteiger partial charge in [-0.1, -0.05) is 0 Å². The van der Waals surface area contributed by atoms with Crippen LogP contribution in [-0.2, 0) is 0 Å². The number of ether oxygens (including phenoxy) is 1. The molecule has 0 unspecified atom stereocenters. The number of aromatic nitrogens is 2. The molecule has 6 heteroatoms. The molecule has 0 spiro atoms. The van der Waals surface area contributed by atoms with Gasteiger partial charge in [-0.25, -0.2) is 14.4 Å². The summed E-state index contributed by atoms with van der Waals surface area (Å²) in [5, 5.41) is 5.74. The number of hydrogen-bond donors (Lipinski definition) is 0. The third-order valence-corrected chi connectivity index (χ3v) is 5.54. The monoisotopic (exact) mass is 368 g/mol. The zero-order valence-electron chi connectivity index (χ0n) is 13.3. The van der Waals surface area contributed by atoms with Crippen LogP contribution in [0, 0.1) is 5.82 Å². The number of rotatable bonds is 4. The van der Waals surface area contributed by atoms with Gasteiger partial charge in [-0.2, -0.15) is 0 Å². The number of methoxy groups -OCH3 is 1. The number of nitrogens with zero attached hydrogens (tertiary/aromatic N) is 2. The van der Waals surface area contributed by atoms with E-state index < -0.39 is 0 Å². The Morgan fingerprint density at radius 3 is 1.72 bits per heavy atom. The summed E-state index contributed by atoms with van der Waals surface area (Å²) in [4.78, 5) is 9.33. The molecule has 3 nitrogen and oxygen atoms in total. The van der Waals surface area contributed by atoms with Gasteiger partial charge in [0.15, 0.2) is 10.0 Å². The van der Waals surface area contributed by atoms with Crippen molar-refractivity contribution in [3.63, 3.8) is 0 Å². The highest BCUT2D eigenvalue weighted by atomic mass is 32.1. The molecule has 0 radical (unpaired) electrons. The number of hydrogen-bond acceptors (Lipinski definition) is 5. The van der Waals surface area contributed by atoms with E-state index in [0.717, 1.165) is 38.3 Å². The minimum atomic E-state index is -0.247. The summed E-state index contributed by atoms with van der Waals surface area (Å²) in [6.07, 6.45) is 0. The van der Waals surface area contributed by atoms with Crippen LogP contribution in [0.3, 0.4) is 0 Å². The van der Waals surface area contributed by atoms with Gasteiger partial charge >= 0.3 is 0 Å². The van der Waals surface area contributed by atoms with Crippen LogP contribution in [0.15, 0.2) is 59.3 Å². The predicted molar refractivity (Wildman–Crippen MR) is 101 cm³/mol. The maximum absolute atomic E-state index is 13.1. The lowest BCUT2D eigenvalue weighted by Crippen LogP contribution is -1.83. The van der Waals surface area contributed by atoms with E-state index in [9.17, 15) is 4.39 Å². The Hall–Kier alpha value is -2.57. The van der Waals surface area contributed by atoms with E-state index in [-0.39, 0.29) is 5.82 Å². The van der Waals surface area contributed by atoms with Gasteiger partial charge in [0.05, 0.1) is 18.5 Å². The summed E-state index contributed by atoms with van der Waals surface area (Å²) in [6, 6.07) is 14.2. The molecule has 0 saturated heterocycles. The Labute approximate surface area is 152 Å². The lowest BCUT2D eigenvalue weighted by Gasteiger charge is -2.00. The molecule has 2 aromatic heterocycles. The van der Waals surface area contributed by atoms with E-state index in [1.165, 1.54) is 23.5 Å². The zero-order chi connectivity index (χ0) is 17.2. The van der Waals surface area contributed by atoms with E-state index in [1.54, 1.807) is 30.6 Å². The minimum Gasteiger partial charge on any atom is -0.497 e. The molecule has 0 amide bonds. The molecule has 0 N–H and O–H groups in total. The van der Waals surface area contributed by atoms with Crippen LogP contribution in [0.2, 0.25) is 0 Å². The molecule has 0 atom stereocenters. The molecule has 0 aliphatic heterocycles. The van der Waals surface area contributed by atoms with E-state index in [0.29, 0.717) is 0 Å². The first kappa shape index (κ1) is 15.9. The third kappa shape index (κ3) is 3.31. The van der Waals surface area contributed by atoms with Crippen LogP contribution in [0.1, 0.15) is 0 Å². The Morgan fingerprint density at radius 1 is 0.760 bits per heavy atom. The van der Waals surface area contributed by atoms with Crippen LogP contribution in [0.5, 0.6) is 5.75 Å². The minimum absolute atomic E-state index is 0.247. The SMILES string of the molecule is COc1ccc(-c2csc(-c3nc(-c4ccc(F)cc4)cs3)n2)cc1. The smallest absolute Gasteiger partial charge is 0.152 e. The second kappa shape index (κ2) is 6.74. The standard InChI is InChI=1S/C19H13FN2OS2/c1-23-15-8-4-13(5-9-15)17-11-25-19(22-17)18-21-16(10-24-18)12-2-6-14(20)7-3-12/h2-11H,1H3. The van der Waals surface area contributed by atoms with Crippen LogP contribution in [0.25, 0.3) is 32.5 Å². The number of halogens is 1. The Balaban J connectivity index is 1.60. The van der Waals surface area contributed by atoms with Gasteiger partial charge < -0.3 is 4.74 Å². The van der Waals surface area contributed by atoms with E-state index in [4.69, 9.17) is 9.72 Å². The topological polar surface area (TPSA) is 35.0 Å². The molecule has 2 heterocycles. The van der Waals surface area contributed by atoms with Crippen molar-refractivity contribution in [2.45, 2.75) is 0 Å².